The fraction of sp³-hybridized carbons (Fsp3) is 0. The molecule has 0 aliphatic rings. The third-order valence-electron chi connectivity index (χ3n) is 5.17. The average molecular weight is 451 g/mol. The molecule has 7 heteroatoms. The molecule has 0 bridgehead atoms. The first-order valence-corrected chi connectivity index (χ1v) is 11.5. The fourth-order valence-electron chi connectivity index (χ4n) is 3.48. The number of hydrogen-bond donors (Lipinski definition) is 0. The van der Waals surface area contributed by atoms with Gasteiger partial charge in [0, 0.05) is 0 Å². The van der Waals surface area contributed by atoms with E-state index in [2.05, 4.69) is 9.58 Å². The molecule has 0 N–H and O–H groups in total. The van der Waals surface area contributed by atoms with Crippen LogP contribution in [0.4, 0.5) is 0 Å². The third-order valence-corrected chi connectivity index (χ3v) is 6.96. The maximum Gasteiger partial charge on any atom is 0.329 e. The quantitative estimate of drug-likeness (QED) is 0.242. The molecule has 33 heavy (non-hydrogen) atoms. The normalized spacial score (nSPS) is 10.7. The van der Waals surface area contributed by atoms with E-state index in [9.17, 15) is 19.5 Å². The Morgan fingerprint density at radius 2 is 0.788 bits per heavy atom. The fourth-order valence-corrected chi connectivity index (χ4v) is 4.74. The second-order valence-corrected chi connectivity index (χ2v) is 9.13. The minimum absolute atomic E-state index is 0.114. The Labute approximate surface area is 191 Å². The third kappa shape index (κ3) is 4.47. The number of rotatable bonds is 6. The van der Waals surface area contributed by atoms with E-state index in [0.29, 0.717) is 33.7 Å². The Morgan fingerprint density at radius 1 is 0.485 bits per heavy atom. The number of sulfone groups is 1. The summed E-state index contributed by atoms with van der Waals surface area (Å²) in [7, 11) is -3.77. The van der Waals surface area contributed by atoms with Crippen LogP contribution in [0, 0.1) is 0 Å². The molecule has 0 aliphatic heterocycles. The summed E-state index contributed by atoms with van der Waals surface area (Å²) in [6, 6.07) is 30.6. The molecule has 0 saturated heterocycles. The second-order valence-electron chi connectivity index (χ2n) is 7.18. The first-order chi connectivity index (χ1) is 16.0. The van der Waals surface area contributed by atoms with E-state index in [0.717, 1.165) is 0 Å². The summed E-state index contributed by atoms with van der Waals surface area (Å²) in [5.74, 6) is 0. The molecule has 4 aromatic rings. The minimum atomic E-state index is -3.77. The van der Waals surface area contributed by atoms with Crippen LogP contribution in [-0.2, 0) is 9.84 Å². The second kappa shape index (κ2) is 9.39. The number of nitrogens with zero attached hydrogens (tertiary/aromatic N) is 4. The van der Waals surface area contributed by atoms with E-state index in [4.69, 9.17) is 0 Å². The van der Waals surface area contributed by atoms with Crippen molar-refractivity contribution in [2.45, 2.75) is 9.79 Å². The van der Waals surface area contributed by atoms with Gasteiger partial charge in [0.05, 0.1) is 32.0 Å². The molecule has 0 saturated carbocycles. The van der Waals surface area contributed by atoms with Crippen molar-refractivity contribution in [2.24, 2.45) is 0 Å². The molecular formula is C26H18N4O2S. The lowest BCUT2D eigenvalue weighted by Crippen LogP contribution is -2.07. The van der Waals surface area contributed by atoms with Gasteiger partial charge in [0.2, 0.25) is 9.84 Å². The molecule has 0 unspecified atom stereocenters. The van der Waals surface area contributed by atoms with Gasteiger partial charge >= 0.3 is 11.4 Å². The zero-order chi connectivity index (χ0) is 23.3. The summed E-state index contributed by atoms with van der Waals surface area (Å²) in [5, 5.41) is 0. The molecule has 4 rings (SSSR count). The average Bonchev–Trinajstić information content (AvgIpc) is 2.87. The van der Waals surface area contributed by atoms with E-state index in [-0.39, 0.29) is 9.79 Å². The Morgan fingerprint density at radius 3 is 1.09 bits per heavy atom. The Hall–Kier alpha value is -4.41. The van der Waals surface area contributed by atoms with Gasteiger partial charge in [-0.3, -0.25) is 0 Å². The van der Waals surface area contributed by atoms with Crippen molar-refractivity contribution in [1.82, 2.24) is 0 Å². The standard InChI is InChI=1S/C26H18N4O2S/c27-29-25(19-7-3-1-4-8-19)21-11-15-23(16-12-21)33(31,32)24-17-13-22(14-18-24)26(30-28)20-9-5-2-6-10-20/h1-18H. The monoisotopic (exact) mass is 450 g/mol. The highest BCUT2D eigenvalue weighted by atomic mass is 32.2. The van der Waals surface area contributed by atoms with Crippen molar-refractivity contribution in [3.8, 4) is 0 Å². The maximum atomic E-state index is 13.1. The van der Waals surface area contributed by atoms with Gasteiger partial charge in [-0.25, -0.2) is 8.42 Å². The molecule has 0 aromatic heterocycles. The first kappa shape index (κ1) is 21.8. The van der Waals surface area contributed by atoms with Gasteiger partial charge in [-0.15, -0.1) is 0 Å². The lowest BCUT2D eigenvalue weighted by Gasteiger charge is -2.06. The van der Waals surface area contributed by atoms with Crippen molar-refractivity contribution in [3.63, 3.8) is 0 Å². The van der Waals surface area contributed by atoms with E-state index in [1.807, 2.05) is 36.4 Å². The van der Waals surface area contributed by atoms with E-state index in [1.165, 1.54) is 24.3 Å². The Kier molecular flexibility index (Phi) is 6.20. The lowest BCUT2D eigenvalue weighted by molar-refractivity contribution is -0.00323. The molecule has 0 aliphatic carbocycles. The Balaban J connectivity index is 1.62. The van der Waals surface area contributed by atoms with Crippen LogP contribution in [0.25, 0.3) is 11.1 Å². The first-order valence-electron chi connectivity index (χ1n) is 10.1. The summed E-state index contributed by atoms with van der Waals surface area (Å²) in [6.07, 6.45) is 0. The summed E-state index contributed by atoms with van der Waals surface area (Å²) in [5.41, 5.74) is 22.2. The van der Waals surface area contributed by atoms with E-state index >= 15 is 0 Å². The van der Waals surface area contributed by atoms with Crippen LogP contribution in [0.15, 0.2) is 119 Å². The van der Waals surface area contributed by atoms with Crippen molar-refractivity contribution >= 4 is 21.3 Å². The summed E-state index contributed by atoms with van der Waals surface area (Å²) < 4.78 is 26.2. The summed E-state index contributed by atoms with van der Waals surface area (Å²) in [6.45, 7) is 0. The predicted octanol–water partition coefficient (Wildman–Crippen LogP) is 4.65. The molecule has 0 amide bonds. The highest BCUT2D eigenvalue weighted by molar-refractivity contribution is 7.91. The number of benzene rings is 4. The minimum Gasteiger partial charge on any atom is -0.361 e. The molecule has 0 spiro atoms. The van der Waals surface area contributed by atoms with Crippen LogP contribution in [0.5, 0.6) is 0 Å². The van der Waals surface area contributed by atoms with Gasteiger partial charge in [0.25, 0.3) is 0 Å². The van der Waals surface area contributed by atoms with Gasteiger partial charge in [0.1, 0.15) is 0 Å². The predicted molar refractivity (Wildman–Crippen MR) is 125 cm³/mol. The van der Waals surface area contributed by atoms with Gasteiger partial charge in [-0.2, -0.15) is 9.58 Å². The summed E-state index contributed by atoms with van der Waals surface area (Å²) in [4.78, 5) is 6.98. The molecule has 0 radical (unpaired) electrons. The molecule has 6 nitrogen and oxygen atoms in total. The van der Waals surface area contributed by atoms with Crippen molar-refractivity contribution in [1.29, 1.82) is 0 Å². The zero-order valence-corrected chi connectivity index (χ0v) is 18.2. The molecule has 0 fully saturated rings. The van der Waals surface area contributed by atoms with Crippen molar-refractivity contribution in [2.75, 3.05) is 0 Å². The lowest BCUT2D eigenvalue weighted by atomic mass is 10.0. The Bertz CT molecular complexity index is 1370. The van der Waals surface area contributed by atoms with Crippen LogP contribution in [0.2, 0.25) is 0 Å². The van der Waals surface area contributed by atoms with Gasteiger partial charge < -0.3 is 11.1 Å². The van der Waals surface area contributed by atoms with Crippen LogP contribution in [-0.4, -0.2) is 29.4 Å². The highest BCUT2D eigenvalue weighted by Gasteiger charge is 2.22. The van der Waals surface area contributed by atoms with Crippen molar-refractivity contribution < 1.29 is 18.0 Å². The maximum absolute atomic E-state index is 13.1. The van der Waals surface area contributed by atoms with Crippen LogP contribution in [0.3, 0.4) is 0 Å². The van der Waals surface area contributed by atoms with Crippen LogP contribution < -0.4 is 0 Å². The van der Waals surface area contributed by atoms with Gasteiger partial charge in [-0.1, -0.05) is 36.4 Å². The SMILES string of the molecule is [N-]=[N+]=C(c1ccccc1)c1ccc(S(=O)(=O)c2ccc(C(=[N+]=[N-])c3ccccc3)cc2)cc1. The van der Waals surface area contributed by atoms with E-state index < -0.39 is 9.84 Å². The van der Waals surface area contributed by atoms with Crippen LogP contribution >= 0.6 is 0 Å². The molecule has 160 valence electrons. The van der Waals surface area contributed by atoms with Gasteiger partial charge in [0.15, 0.2) is 0 Å². The molecule has 0 atom stereocenters. The molecular weight excluding hydrogens is 432 g/mol. The smallest absolute Gasteiger partial charge is 0.329 e. The molecule has 4 aromatic carbocycles. The van der Waals surface area contributed by atoms with E-state index in [1.54, 1.807) is 48.5 Å². The number of hydrogen-bond acceptors (Lipinski definition) is 2. The zero-order valence-electron chi connectivity index (χ0n) is 17.4. The van der Waals surface area contributed by atoms with Crippen LogP contribution in [0.1, 0.15) is 22.3 Å². The topological polar surface area (TPSA) is 107 Å². The van der Waals surface area contributed by atoms with Crippen molar-refractivity contribution in [3.05, 3.63) is 143 Å². The summed E-state index contributed by atoms with van der Waals surface area (Å²) >= 11 is 0. The highest BCUT2D eigenvalue weighted by Crippen LogP contribution is 2.23. The molecule has 0 heterocycles. The van der Waals surface area contributed by atoms with Gasteiger partial charge in [-0.05, 0) is 72.8 Å². The largest absolute Gasteiger partial charge is 0.361 e.